The van der Waals surface area contributed by atoms with Gasteiger partial charge in [0.1, 0.15) is 0 Å². The number of nitrogens with one attached hydrogen (secondary N) is 1. The lowest BCUT2D eigenvalue weighted by molar-refractivity contribution is -0.268. The molecule has 1 heterocycles. The van der Waals surface area contributed by atoms with Crippen molar-refractivity contribution in [2.24, 2.45) is 0 Å². The number of nitrogens with zero attached hydrogens (tertiary/aromatic N) is 1. The highest BCUT2D eigenvalue weighted by Gasteiger charge is 2.62. The van der Waals surface area contributed by atoms with E-state index in [1.54, 1.807) is 0 Å². The quantitative estimate of drug-likeness (QED) is 0.610. The molecule has 0 bridgehead atoms. The number of pyridine rings is 1. The summed E-state index contributed by atoms with van der Waals surface area (Å²) in [7, 11) is 0.650. The summed E-state index contributed by atoms with van der Waals surface area (Å²) in [6.07, 6.45) is -3.10. The summed E-state index contributed by atoms with van der Waals surface area (Å²) in [6, 6.07) is 2.23. The molecule has 0 spiro atoms. The topological polar surface area (TPSA) is 88.5 Å². The standard InChI is InChI=1S/C10H9F3N2O4/c1-19-8(17)9(18,10(11,12)13)15-7(16)6-2-4-14-5-3-6/h2-5,18H,1H3,(H,15,16)/t9-/m0/s1. The van der Waals surface area contributed by atoms with Crippen LogP contribution in [0.1, 0.15) is 10.4 Å². The zero-order valence-corrected chi connectivity index (χ0v) is 9.56. The van der Waals surface area contributed by atoms with E-state index in [2.05, 4.69) is 9.72 Å². The normalized spacial score (nSPS) is 14.4. The molecule has 0 unspecified atom stereocenters. The number of halogens is 3. The maximum atomic E-state index is 12.6. The Bertz CT molecular complexity index is 477. The fraction of sp³-hybridized carbons (Fsp3) is 0.300. The predicted molar refractivity (Wildman–Crippen MR) is 54.7 cm³/mol. The Hall–Kier alpha value is -2.16. The number of amides is 1. The second-order valence-corrected chi connectivity index (χ2v) is 3.39. The molecule has 1 atom stereocenters. The fourth-order valence-electron chi connectivity index (χ4n) is 1.13. The number of aromatic nitrogens is 1. The van der Waals surface area contributed by atoms with Crippen LogP contribution in [-0.4, -0.2) is 41.0 Å². The van der Waals surface area contributed by atoms with Crippen LogP contribution in [-0.2, 0) is 9.53 Å². The van der Waals surface area contributed by atoms with Crippen molar-refractivity contribution in [1.29, 1.82) is 0 Å². The smallest absolute Gasteiger partial charge is 0.448 e. The van der Waals surface area contributed by atoms with Crippen LogP contribution in [0, 0.1) is 0 Å². The lowest BCUT2D eigenvalue weighted by Gasteiger charge is -2.28. The molecule has 1 aromatic heterocycles. The number of hydrogen-bond acceptors (Lipinski definition) is 5. The lowest BCUT2D eigenvalue weighted by atomic mass is 10.1. The number of esters is 1. The highest BCUT2D eigenvalue weighted by Crippen LogP contribution is 2.29. The third-order valence-corrected chi connectivity index (χ3v) is 2.13. The molecule has 0 radical (unpaired) electrons. The van der Waals surface area contributed by atoms with Crippen LogP contribution in [0.3, 0.4) is 0 Å². The summed E-state index contributed by atoms with van der Waals surface area (Å²) >= 11 is 0. The van der Waals surface area contributed by atoms with E-state index in [0.29, 0.717) is 7.11 Å². The van der Waals surface area contributed by atoms with Crippen molar-refractivity contribution in [3.05, 3.63) is 30.1 Å². The van der Waals surface area contributed by atoms with Gasteiger partial charge in [0.25, 0.3) is 5.91 Å². The molecule has 0 aliphatic rings. The molecule has 1 rings (SSSR count). The molecule has 1 amide bonds. The van der Waals surface area contributed by atoms with Gasteiger partial charge in [-0.25, -0.2) is 4.79 Å². The van der Waals surface area contributed by atoms with Crippen molar-refractivity contribution in [3.63, 3.8) is 0 Å². The number of rotatable bonds is 3. The Kier molecular flexibility index (Phi) is 4.10. The summed E-state index contributed by atoms with van der Waals surface area (Å²) in [5, 5.41) is 10.5. The molecule has 0 aromatic carbocycles. The molecule has 0 saturated carbocycles. The minimum absolute atomic E-state index is 0.207. The first-order valence-corrected chi connectivity index (χ1v) is 4.82. The molecule has 0 aliphatic carbocycles. The van der Waals surface area contributed by atoms with Gasteiger partial charge in [-0.2, -0.15) is 13.2 Å². The first-order valence-electron chi connectivity index (χ1n) is 4.82. The van der Waals surface area contributed by atoms with Crippen molar-refractivity contribution >= 4 is 11.9 Å². The number of ether oxygens (including phenoxy) is 1. The summed E-state index contributed by atoms with van der Waals surface area (Å²) in [5.74, 6) is -3.34. The van der Waals surface area contributed by atoms with Crippen molar-refractivity contribution in [1.82, 2.24) is 10.3 Å². The zero-order valence-electron chi connectivity index (χ0n) is 9.56. The van der Waals surface area contributed by atoms with Gasteiger partial charge in [0.2, 0.25) is 0 Å². The van der Waals surface area contributed by atoms with E-state index in [-0.39, 0.29) is 5.56 Å². The third kappa shape index (κ3) is 2.99. The predicted octanol–water partition coefficient (Wildman–Crippen LogP) is 0.235. The van der Waals surface area contributed by atoms with Gasteiger partial charge in [-0.15, -0.1) is 0 Å². The monoisotopic (exact) mass is 278 g/mol. The van der Waals surface area contributed by atoms with Crippen molar-refractivity contribution in [2.75, 3.05) is 7.11 Å². The minimum atomic E-state index is -5.43. The molecule has 0 fully saturated rings. The highest BCUT2D eigenvalue weighted by molar-refractivity contribution is 5.97. The third-order valence-electron chi connectivity index (χ3n) is 2.13. The van der Waals surface area contributed by atoms with E-state index in [4.69, 9.17) is 0 Å². The minimum Gasteiger partial charge on any atom is -0.465 e. The molecule has 104 valence electrons. The van der Waals surface area contributed by atoms with Crippen molar-refractivity contribution in [2.45, 2.75) is 11.9 Å². The molecule has 9 heteroatoms. The molecule has 0 saturated heterocycles. The number of carbonyl (C=O) groups excluding carboxylic acids is 2. The SMILES string of the molecule is COC(=O)[C@@](O)(NC(=O)c1ccncc1)C(F)(F)F. The highest BCUT2D eigenvalue weighted by atomic mass is 19.4. The summed E-state index contributed by atoms with van der Waals surface area (Å²) in [4.78, 5) is 26.1. The number of hydrogen-bond donors (Lipinski definition) is 2. The fourth-order valence-corrected chi connectivity index (χ4v) is 1.13. The first kappa shape index (κ1) is 14.9. The molecular formula is C10H9F3N2O4. The Balaban J connectivity index is 3.04. The Morgan fingerprint density at radius 2 is 1.84 bits per heavy atom. The lowest BCUT2D eigenvalue weighted by Crippen LogP contribution is -2.64. The molecule has 1 aromatic rings. The average molecular weight is 278 g/mol. The van der Waals surface area contributed by atoms with Gasteiger partial charge in [-0.1, -0.05) is 0 Å². The molecular weight excluding hydrogens is 269 g/mol. The largest absolute Gasteiger partial charge is 0.465 e. The van der Waals surface area contributed by atoms with Gasteiger partial charge in [0.15, 0.2) is 0 Å². The number of aliphatic hydroxyl groups is 1. The Morgan fingerprint density at radius 1 is 1.32 bits per heavy atom. The number of carbonyl (C=O) groups is 2. The molecule has 0 aliphatic heterocycles. The maximum absolute atomic E-state index is 12.6. The summed E-state index contributed by atoms with van der Waals surface area (Å²) in [6.45, 7) is 0. The van der Waals surface area contributed by atoms with Gasteiger partial charge in [0, 0.05) is 18.0 Å². The van der Waals surface area contributed by atoms with E-state index in [9.17, 15) is 27.9 Å². The van der Waals surface area contributed by atoms with Crippen LogP contribution in [0.25, 0.3) is 0 Å². The Labute approximate surface area is 105 Å². The van der Waals surface area contributed by atoms with Crippen molar-refractivity contribution in [3.8, 4) is 0 Å². The van der Waals surface area contributed by atoms with Crippen LogP contribution in [0.5, 0.6) is 0 Å². The maximum Gasteiger partial charge on any atom is 0.448 e. The second-order valence-electron chi connectivity index (χ2n) is 3.39. The van der Waals surface area contributed by atoms with Crippen LogP contribution in [0.2, 0.25) is 0 Å². The summed E-state index contributed by atoms with van der Waals surface area (Å²) < 4.78 is 41.8. The van der Waals surface area contributed by atoms with Crippen LogP contribution in [0.4, 0.5) is 13.2 Å². The van der Waals surface area contributed by atoms with Crippen LogP contribution < -0.4 is 5.32 Å². The van der Waals surface area contributed by atoms with Crippen molar-refractivity contribution < 1.29 is 32.6 Å². The molecule has 2 N–H and O–H groups in total. The van der Waals surface area contributed by atoms with Crippen LogP contribution >= 0.6 is 0 Å². The van der Waals surface area contributed by atoms with E-state index in [1.807, 2.05) is 0 Å². The van der Waals surface area contributed by atoms with Gasteiger partial charge in [-0.05, 0) is 12.1 Å². The number of alkyl halides is 3. The summed E-state index contributed by atoms with van der Waals surface area (Å²) in [5.41, 5.74) is -4.32. The van der Waals surface area contributed by atoms with Gasteiger partial charge in [0.05, 0.1) is 7.11 Å². The van der Waals surface area contributed by atoms with E-state index < -0.39 is 23.8 Å². The van der Waals surface area contributed by atoms with Gasteiger partial charge < -0.3 is 15.2 Å². The molecule has 6 nitrogen and oxygen atoms in total. The van der Waals surface area contributed by atoms with Gasteiger partial charge in [-0.3, -0.25) is 9.78 Å². The van der Waals surface area contributed by atoms with E-state index in [0.717, 1.165) is 12.1 Å². The zero-order chi connectivity index (χ0) is 14.7. The van der Waals surface area contributed by atoms with Crippen LogP contribution in [0.15, 0.2) is 24.5 Å². The average Bonchev–Trinajstić information content (AvgIpc) is 2.37. The first-order chi connectivity index (χ1) is 8.72. The molecule has 19 heavy (non-hydrogen) atoms. The second kappa shape index (κ2) is 5.22. The Morgan fingerprint density at radius 3 is 2.26 bits per heavy atom. The van der Waals surface area contributed by atoms with Gasteiger partial charge >= 0.3 is 17.9 Å². The van der Waals surface area contributed by atoms with E-state index >= 15 is 0 Å². The van der Waals surface area contributed by atoms with E-state index in [1.165, 1.54) is 17.7 Å². The number of methoxy groups -OCH3 is 1.